The molecule has 4 rings (SSSR count). The zero-order valence-electron chi connectivity index (χ0n) is 19.5. The smallest absolute Gasteiger partial charge is 0.232 e. The van der Waals surface area contributed by atoms with Gasteiger partial charge in [-0.25, -0.2) is 4.39 Å². The van der Waals surface area contributed by atoms with Crippen LogP contribution in [0.25, 0.3) is 0 Å². The summed E-state index contributed by atoms with van der Waals surface area (Å²) in [5.41, 5.74) is 1.56. The summed E-state index contributed by atoms with van der Waals surface area (Å²) in [6, 6.07) is 9.70. The Morgan fingerprint density at radius 3 is 2.27 bits per heavy atom. The molecule has 0 aromatic heterocycles. The number of hydrogen-bond donors (Lipinski definition) is 0. The van der Waals surface area contributed by atoms with Crippen LogP contribution in [0.3, 0.4) is 0 Å². The highest BCUT2D eigenvalue weighted by Gasteiger charge is 2.45. The molecule has 0 bridgehead atoms. The molecule has 0 radical (unpaired) electrons. The van der Waals surface area contributed by atoms with Gasteiger partial charge in [-0.15, -0.1) is 0 Å². The van der Waals surface area contributed by atoms with Crippen LogP contribution in [0, 0.1) is 11.2 Å². The number of methoxy groups -OCH3 is 3. The number of halogens is 1. The summed E-state index contributed by atoms with van der Waals surface area (Å²) in [5, 5.41) is 0. The molecule has 0 saturated heterocycles. The van der Waals surface area contributed by atoms with Crippen molar-refractivity contribution < 1.29 is 28.2 Å². The van der Waals surface area contributed by atoms with Gasteiger partial charge in [0, 0.05) is 35.6 Å². The first kappa shape index (κ1) is 22.8. The van der Waals surface area contributed by atoms with Crippen molar-refractivity contribution in [3.05, 3.63) is 59.0 Å². The quantitative estimate of drug-likeness (QED) is 0.636. The number of hydrogen-bond acceptors (Lipinski definition) is 5. The van der Waals surface area contributed by atoms with Gasteiger partial charge in [-0.1, -0.05) is 32.0 Å². The Kier molecular flexibility index (Phi) is 5.91. The molecule has 0 saturated carbocycles. The van der Waals surface area contributed by atoms with Crippen LogP contribution >= 0.6 is 0 Å². The summed E-state index contributed by atoms with van der Waals surface area (Å²) < 4.78 is 31.3. The van der Waals surface area contributed by atoms with E-state index in [1.807, 2.05) is 13.8 Å². The van der Waals surface area contributed by atoms with E-state index in [-0.39, 0.29) is 29.2 Å². The molecule has 0 unspecified atom stereocenters. The van der Waals surface area contributed by atoms with Crippen LogP contribution in [0.1, 0.15) is 44.6 Å². The molecule has 2 aliphatic rings. The van der Waals surface area contributed by atoms with Crippen LogP contribution in [0.15, 0.2) is 47.7 Å². The maximum atomic E-state index is 14.8. The topological polar surface area (TPSA) is 65.1 Å². The van der Waals surface area contributed by atoms with Gasteiger partial charge in [0.2, 0.25) is 11.7 Å². The van der Waals surface area contributed by atoms with Gasteiger partial charge in [-0.05, 0) is 30.0 Å². The van der Waals surface area contributed by atoms with Crippen molar-refractivity contribution in [2.24, 2.45) is 5.41 Å². The Morgan fingerprint density at radius 1 is 0.939 bits per heavy atom. The van der Waals surface area contributed by atoms with E-state index in [0.29, 0.717) is 46.9 Å². The Bertz CT molecular complexity index is 1150. The van der Waals surface area contributed by atoms with E-state index in [9.17, 15) is 14.0 Å². The molecular formula is C26H28FNO5. The van der Waals surface area contributed by atoms with E-state index in [2.05, 4.69) is 0 Å². The third kappa shape index (κ3) is 3.86. The molecule has 2 aromatic carbocycles. The van der Waals surface area contributed by atoms with Gasteiger partial charge in [-0.3, -0.25) is 14.5 Å². The van der Waals surface area contributed by atoms with Crippen LogP contribution < -0.4 is 19.1 Å². The summed E-state index contributed by atoms with van der Waals surface area (Å²) in [6.07, 6.45) is 0.822. The fourth-order valence-corrected chi connectivity index (χ4v) is 4.99. The second-order valence-corrected chi connectivity index (χ2v) is 9.16. The third-order valence-corrected chi connectivity index (χ3v) is 6.35. The Labute approximate surface area is 192 Å². The zero-order valence-corrected chi connectivity index (χ0v) is 19.5. The third-order valence-electron chi connectivity index (χ3n) is 6.35. The molecule has 2 aromatic rings. The summed E-state index contributed by atoms with van der Waals surface area (Å²) in [4.78, 5) is 28.4. The molecule has 1 heterocycles. The molecule has 33 heavy (non-hydrogen) atoms. The van der Waals surface area contributed by atoms with Crippen LogP contribution in [-0.4, -0.2) is 33.0 Å². The van der Waals surface area contributed by atoms with E-state index in [0.717, 1.165) is 0 Å². The minimum absolute atomic E-state index is 0.00514. The Balaban J connectivity index is 1.96. The summed E-state index contributed by atoms with van der Waals surface area (Å²) in [6.45, 7) is 3.97. The second kappa shape index (κ2) is 8.54. The number of amides is 1. The van der Waals surface area contributed by atoms with Crippen molar-refractivity contribution in [3.63, 3.8) is 0 Å². The lowest BCUT2D eigenvalue weighted by molar-refractivity contribution is -0.121. The first-order valence-electron chi connectivity index (χ1n) is 10.8. The molecule has 1 atom stereocenters. The van der Waals surface area contributed by atoms with E-state index < -0.39 is 11.7 Å². The lowest BCUT2D eigenvalue weighted by atomic mass is 9.69. The average Bonchev–Trinajstić information content (AvgIpc) is 2.77. The number of Topliss-reactive ketones (excluding diaryl/α,β-unsaturated/α-hetero) is 1. The molecule has 1 amide bonds. The SMILES string of the molecule is COc1ccc([C@H]2CC(=O)N(c3ccccc3F)C3=C2C(=O)CC(C)(C)C3)c(OC)c1OC. The second-order valence-electron chi connectivity index (χ2n) is 9.16. The van der Waals surface area contributed by atoms with Gasteiger partial charge in [0.25, 0.3) is 0 Å². The maximum Gasteiger partial charge on any atom is 0.232 e. The largest absolute Gasteiger partial charge is 0.493 e. The summed E-state index contributed by atoms with van der Waals surface area (Å²) in [5.74, 6) is -0.0584. The number of carbonyl (C=O) groups is 2. The van der Waals surface area contributed by atoms with Gasteiger partial charge in [0.1, 0.15) is 5.82 Å². The molecule has 1 aliphatic carbocycles. The number of nitrogens with zero attached hydrogens (tertiary/aromatic N) is 1. The molecule has 174 valence electrons. The van der Waals surface area contributed by atoms with Gasteiger partial charge in [0.05, 0.1) is 27.0 Å². The molecule has 0 spiro atoms. The number of para-hydroxylation sites is 1. The Hall–Kier alpha value is -3.35. The highest BCUT2D eigenvalue weighted by Crippen LogP contribution is 2.52. The van der Waals surface area contributed by atoms with Crippen molar-refractivity contribution in [3.8, 4) is 17.2 Å². The number of ketones is 1. The molecule has 0 fully saturated rings. The van der Waals surface area contributed by atoms with Crippen molar-refractivity contribution >= 4 is 17.4 Å². The summed E-state index contributed by atoms with van der Waals surface area (Å²) >= 11 is 0. The Morgan fingerprint density at radius 2 is 1.64 bits per heavy atom. The van der Waals surface area contributed by atoms with E-state index in [4.69, 9.17) is 14.2 Å². The van der Waals surface area contributed by atoms with Crippen LogP contribution in [0.5, 0.6) is 17.2 Å². The van der Waals surface area contributed by atoms with E-state index >= 15 is 0 Å². The van der Waals surface area contributed by atoms with Crippen molar-refractivity contribution in [2.75, 3.05) is 26.2 Å². The number of ether oxygens (including phenoxy) is 3. The number of carbonyl (C=O) groups excluding carboxylic acids is 2. The average molecular weight is 454 g/mol. The first-order valence-corrected chi connectivity index (χ1v) is 10.8. The number of rotatable bonds is 5. The standard InChI is InChI=1S/C26H28FNO5/c1-26(2)13-19-23(20(29)14-26)16(12-22(30)28(19)18-9-7-6-8-17(18)27)15-10-11-21(31-3)25(33-5)24(15)32-4/h6-11,16H,12-14H2,1-5H3/t16-/m1/s1. The number of allylic oxidation sites excluding steroid dienone is 2. The molecule has 1 aliphatic heterocycles. The number of anilines is 1. The highest BCUT2D eigenvalue weighted by atomic mass is 19.1. The first-order chi connectivity index (χ1) is 15.7. The van der Waals surface area contributed by atoms with Crippen LogP contribution in [-0.2, 0) is 9.59 Å². The zero-order chi connectivity index (χ0) is 23.9. The highest BCUT2D eigenvalue weighted by molar-refractivity contribution is 6.08. The number of benzene rings is 2. The van der Waals surface area contributed by atoms with Gasteiger partial charge < -0.3 is 14.2 Å². The molecule has 6 nitrogen and oxygen atoms in total. The van der Waals surface area contributed by atoms with Crippen molar-refractivity contribution in [1.82, 2.24) is 0 Å². The lowest BCUT2D eigenvalue weighted by Gasteiger charge is -2.43. The summed E-state index contributed by atoms with van der Waals surface area (Å²) in [7, 11) is 4.55. The maximum absolute atomic E-state index is 14.8. The van der Waals surface area contributed by atoms with E-state index in [1.54, 1.807) is 30.3 Å². The van der Waals surface area contributed by atoms with Gasteiger partial charge in [-0.2, -0.15) is 0 Å². The van der Waals surface area contributed by atoms with Gasteiger partial charge in [0.15, 0.2) is 17.3 Å². The predicted molar refractivity (Wildman–Crippen MR) is 122 cm³/mol. The van der Waals surface area contributed by atoms with Crippen LogP contribution in [0.4, 0.5) is 10.1 Å². The van der Waals surface area contributed by atoms with Crippen molar-refractivity contribution in [2.45, 2.75) is 39.0 Å². The van der Waals surface area contributed by atoms with Crippen LogP contribution in [0.2, 0.25) is 0 Å². The lowest BCUT2D eigenvalue weighted by Crippen LogP contribution is -2.44. The molecule has 0 N–H and O–H groups in total. The molecule has 7 heteroatoms. The monoisotopic (exact) mass is 453 g/mol. The van der Waals surface area contributed by atoms with Crippen molar-refractivity contribution in [1.29, 1.82) is 0 Å². The molecular weight excluding hydrogens is 425 g/mol. The minimum atomic E-state index is -0.533. The van der Waals surface area contributed by atoms with E-state index in [1.165, 1.54) is 32.3 Å². The normalized spacial score (nSPS) is 19.9. The van der Waals surface area contributed by atoms with Gasteiger partial charge >= 0.3 is 0 Å². The minimum Gasteiger partial charge on any atom is -0.493 e. The fraction of sp³-hybridized carbons (Fsp3) is 0.385. The fourth-order valence-electron chi connectivity index (χ4n) is 4.99. The predicted octanol–water partition coefficient (Wildman–Crippen LogP) is 5.02.